The molecule has 4 heteroatoms. The second kappa shape index (κ2) is 6.05. The summed E-state index contributed by atoms with van der Waals surface area (Å²) in [5.41, 5.74) is 1.22. The zero-order chi connectivity index (χ0) is 13.0. The third-order valence-corrected chi connectivity index (χ3v) is 3.99. The Bertz CT molecular complexity index is 366. The van der Waals surface area contributed by atoms with Crippen LogP contribution >= 0.6 is 0 Å². The highest BCUT2D eigenvalue weighted by molar-refractivity contribution is 5.66. The molecule has 2 heterocycles. The van der Waals surface area contributed by atoms with Gasteiger partial charge in [0.15, 0.2) is 0 Å². The van der Waals surface area contributed by atoms with E-state index in [2.05, 4.69) is 11.8 Å². The minimum Gasteiger partial charge on any atom is -0.481 e. The number of carboxylic acids is 1. The summed E-state index contributed by atoms with van der Waals surface area (Å²) >= 11 is 0. The zero-order valence-corrected chi connectivity index (χ0v) is 10.8. The van der Waals surface area contributed by atoms with Gasteiger partial charge in [-0.05, 0) is 51.3 Å². The Morgan fingerprint density at radius 1 is 1.56 bits per heavy atom. The van der Waals surface area contributed by atoms with Gasteiger partial charge in [0.1, 0.15) is 0 Å². The molecule has 0 radical (unpaired) electrons. The average Bonchev–Trinajstić information content (AvgIpc) is 2.90. The molecule has 1 saturated heterocycles. The Kier molecular flexibility index (Phi) is 4.42. The molecule has 2 rings (SSSR count). The highest BCUT2D eigenvalue weighted by atomic mass is 16.4. The van der Waals surface area contributed by atoms with E-state index in [4.69, 9.17) is 9.52 Å². The lowest BCUT2D eigenvalue weighted by Gasteiger charge is -2.35. The molecular formula is C14H21NO3. The zero-order valence-electron chi connectivity index (χ0n) is 10.8. The number of furan rings is 1. The van der Waals surface area contributed by atoms with Gasteiger partial charge in [0.05, 0.1) is 12.5 Å². The third kappa shape index (κ3) is 3.35. The maximum absolute atomic E-state index is 10.5. The van der Waals surface area contributed by atoms with Gasteiger partial charge in [-0.15, -0.1) is 0 Å². The standard InChI is InChI=1S/C14H21NO3/c1-11(13-6-9-18-10-13)15-7-4-12(5-8-15)2-3-14(16)17/h6,9-12H,2-5,7-8H2,1H3,(H,16,17). The predicted molar refractivity (Wildman–Crippen MR) is 68.3 cm³/mol. The van der Waals surface area contributed by atoms with Crippen molar-refractivity contribution in [3.05, 3.63) is 24.2 Å². The molecule has 0 amide bonds. The summed E-state index contributed by atoms with van der Waals surface area (Å²) in [5.74, 6) is -0.0990. The molecule has 1 aliphatic rings. The number of carbonyl (C=O) groups is 1. The monoisotopic (exact) mass is 251 g/mol. The first-order chi connectivity index (χ1) is 8.66. The van der Waals surface area contributed by atoms with Crippen molar-refractivity contribution in [3.8, 4) is 0 Å². The van der Waals surface area contributed by atoms with Gasteiger partial charge < -0.3 is 9.52 Å². The number of rotatable bonds is 5. The number of likely N-dealkylation sites (tertiary alicyclic amines) is 1. The van der Waals surface area contributed by atoms with Crippen LogP contribution in [-0.2, 0) is 4.79 Å². The van der Waals surface area contributed by atoms with Gasteiger partial charge in [0.2, 0.25) is 0 Å². The molecule has 0 aliphatic carbocycles. The molecule has 0 spiro atoms. The van der Waals surface area contributed by atoms with Crippen LogP contribution in [0.4, 0.5) is 0 Å². The number of hydrogen-bond acceptors (Lipinski definition) is 3. The third-order valence-electron chi connectivity index (χ3n) is 3.99. The number of nitrogens with zero attached hydrogens (tertiary/aromatic N) is 1. The first kappa shape index (κ1) is 13.1. The van der Waals surface area contributed by atoms with E-state index in [9.17, 15) is 4.79 Å². The van der Waals surface area contributed by atoms with E-state index in [0.29, 0.717) is 18.4 Å². The molecule has 1 aromatic heterocycles. The van der Waals surface area contributed by atoms with Crippen LogP contribution < -0.4 is 0 Å². The van der Waals surface area contributed by atoms with E-state index in [1.165, 1.54) is 5.56 Å². The molecule has 1 fully saturated rings. The van der Waals surface area contributed by atoms with Crippen molar-refractivity contribution >= 4 is 5.97 Å². The molecule has 0 bridgehead atoms. The predicted octanol–water partition coefficient (Wildman–Crippen LogP) is 2.92. The summed E-state index contributed by atoms with van der Waals surface area (Å²) in [6.07, 6.45) is 6.86. The van der Waals surface area contributed by atoms with Crippen LogP contribution in [-0.4, -0.2) is 29.1 Å². The van der Waals surface area contributed by atoms with Crippen LogP contribution in [0.15, 0.2) is 23.0 Å². The minimum atomic E-state index is -0.677. The summed E-state index contributed by atoms with van der Waals surface area (Å²) in [6, 6.07) is 2.41. The van der Waals surface area contributed by atoms with E-state index < -0.39 is 5.97 Å². The van der Waals surface area contributed by atoms with Crippen LogP contribution in [0, 0.1) is 5.92 Å². The molecule has 100 valence electrons. The Morgan fingerprint density at radius 3 is 2.83 bits per heavy atom. The minimum absolute atomic E-state index is 0.307. The Hall–Kier alpha value is -1.29. The van der Waals surface area contributed by atoms with Gasteiger partial charge in [-0.25, -0.2) is 0 Å². The van der Waals surface area contributed by atoms with Crippen molar-refractivity contribution in [2.24, 2.45) is 5.92 Å². The Morgan fingerprint density at radius 2 is 2.28 bits per heavy atom. The highest BCUT2D eigenvalue weighted by Gasteiger charge is 2.24. The first-order valence-electron chi connectivity index (χ1n) is 6.64. The van der Waals surface area contributed by atoms with Crippen molar-refractivity contribution in [1.82, 2.24) is 4.90 Å². The summed E-state index contributed by atoms with van der Waals surface area (Å²) in [7, 11) is 0. The number of aliphatic carboxylic acids is 1. The Balaban J connectivity index is 1.78. The van der Waals surface area contributed by atoms with Crippen molar-refractivity contribution < 1.29 is 14.3 Å². The molecular weight excluding hydrogens is 230 g/mol. The largest absolute Gasteiger partial charge is 0.481 e. The summed E-state index contributed by atoms with van der Waals surface area (Å²) in [6.45, 7) is 4.30. The van der Waals surface area contributed by atoms with E-state index in [-0.39, 0.29) is 0 Å². The van der Waals surface area contributed by atoms with Gasteiger partial charge >= 0.3 is 5.97 Å². The van der Waals surface area contributed by atoms with Gasteiger partial charge in [-0.3, -0.25) is 9.69 Å². The normalized spacial score (nSPS) is 19.8. The van der Waals surface area contributed by atoms with Crippen molar-refractivity contribution in [3.63, 3.8) is 0 Å². The molecule has 1 atom stereocenters. The average molecular weight is 251 g/mol. The van der Waals surface area contributed by atoms with Gasteiger partial charge in [-0.1, -0.05) is 0 Å². The van der Waals surface area contributed by atoms with Crippen molar-refractivity contribution in [1.29, 1.82) is 0 Å². The van der Waals surface area contributed by atoms with Crippen LogP contribution in [0.3, 0.4) is 0 Å². The van der Waals surface area contributed by atoms with E-state index in [0.717, 1.165) is 32.4 Å². The quantitative estimate of drug-likeness (QED) is 0.874. The van der Waals surface area contributed by atoms with Crippen LogP contribution in [0.25, 0.3) is 0 Å². The van der Waals surface area contributed by atoms with Crippen LogP contribution in [0.5, 0.6) is 0 Å². The number of carboxylic acid groups (broad SMARTS) is 1. The molecule has 4 nitrogen and oxygen atoms in total. The summed E-state index contributed by atoms with van der Waals surface area (Å²) in [4.78, 5) is 13.0. The van der Waals surface area contributed by atoms with E-state index in [1.54, 1.807) is 12.5 Å². The van der Waals surface area contributed by atoms with Crippen LogP contribution in [0.2, 0.25) is 0 Å². The molecule has 1 unspecified atom stereocenters. The molecule has 18 heavy (non-hydrogen) atoms. The molecule has 1 N–H and O–H groups in total. The lowest BCUT2D eigenvalue weighted by Crippen LogP contribution is -2.35. The smallest absolute Gasteiger partial charge is 0.303 e. The fourth-order valence-electron chi connectivity index (χ4n) is 2.68. The van der Waals surface area contributed by atoms with Crippen molar-refractivity contribution in [2.75, 3.05) is 13.1 Å². The van der Waals surface area contributed by atoms with Crippen LogP contribution in [0.1, 0.15) is 44.2 Å². The fraction of sp³-hybridized carbons (Fsp3) is 0.643. The van der Waals surface area contributed by atoms with Gasteiger partial charge in [0.25, 0.3) is 0 Å². The summed E-state index contributed by atoms with van der Waals surface area (Å²) in [5, 5.41) is 8.69. The van der Waals surface area contributed by atoms with Gasteiger partial charge in [-0.2, -0.15) is 0 Å². The maximum atomic E-state index is 10.5. The second-order valence-electron chi connectivity index (χ2n) is 5.14. The molecule has 0 saturated carbocycles. The second-order valence-corrected chi connectivity index (χ2v) is 5.14. The SMILES string of the molecule is CC(c1ccoc1)N1CCC(CCC(=O)O)CC1. The molecule has 1 aliphatic heterocycles. The van der Waals surface area contributed by atoms with Crippen molar-refractivity contribution in [2.45, 2.75) is 38.6 Å². The van der Waals surface area contributed by atoms with E-state index >= 15 is 0 Å². The Labute approximate surface area is 108 Å². The van der Waals surface area contributed by atoms with E-state index in [1.807, 2.05) is 6.07 Å². The highest BCUT2D eigenvalue weighted by Crippen LogP contribution is 2.28. The first-order valence-corrected chi connectivity index (χ1v) is 6.64. The lowest BCUT2D eigenvalue weighted by molar-refractivity contribution is -0.137. The lowest BCUT2D eigenvalue weighted by atomic mass is 9.91. The fourth-order valence-corrected chi connectivity index (χ4v) is 2.68. The maximum Gasteiger partial charge on any atom is 0.303 e. The number of piperidine rings is 1. The van der Waals surface area contributed by atoms with Gasteiger partial charge in [0, 0.05) is 18.0 Å². The summed E-state index contributed by atoms with van der Waals surface area (Å²) < 4.78 is 5.12. The number of hydrogen-bond donors (Lipinski definition) is 1. The molecule has 0 aromatic carbocycles. The molecule has 1 aromatic rings. The topological polar surface area (TPSA) is 53.7 Å².